The number of benzene rings is 1. The third-order valence-corrected chi connectivity index (χ3v) is 4.27. The fourth-order valence-corrected chi connectivity index (χ4v) is 3.42. The summed E-state index contributed by atoms with van der Waals surface area (Å²) in [7, 11) is 0. The van der Waals surface area contributed by atoms with Crippen LogP contribution in [0.25, 0.3) is 0 Å². The molecule has 1 saturated heterocycles. The highest BCUT2D eigenvalue weighted by molar-refractivity contribution is 9.10. The van der Waals surface area contributed by atoms with Gasteiger partial charge in [-0.2, -0.15) is 11.8 Å². The number of nitrogens with one attached hydrogen (secondary N) is 1. The van der Waals surface area contributed by atoms with E-state index in [-0.39, 0.29) is 0 Å². The van der Waals surface area contributed by atoms with Gasteiger partial charge in [-0.1, -0.05) is 11.6 Å². The molecule has 1 atom stereocenters. The van der Waals surface area contributed by atoms with E-state index in [4.69, 9.17) is 11.6 Å². The van der Waals surface area contributed by atoms with Crippen LogP contribution in [0.15, 0.2) is 22.7 Å². The molecule has 0 aliphatic carbocycles. The van der Waals surface area contributed by atoms with Gasteiger partial charge in [0.1, 0.15) is 0 Å². The second kappa shape index (κ2) is 4.77. The Kier molecular flexibility index (Phi) is 3.63. The summed E-state index contributed by atoms with van der Waals surface area (Å²) in [5.74, 6) is 2.47. The van der Waals surface area contributed by atoms with Crippen LogP contribution in [-0.2, 0) is 0 Å². The van der Waals surface area contributed by atoms with E-state index in [1.54, 1.807) is 0 Å². The molecular weight excluding hydrogens is 282 g/mol. The summed E-state index contributed by atoms with van der Waals surface area (Å²) in [4.78, 5) is 0. The maximum absolute atomic E-state index is 5.87. The molecule has 1 heterocycles. The molecule has 1 nitrogen and oxygen atoms in total. The Hall–Kier alpha value is 0.140. The minimum absolute atomic E-state index is 0.609. The number of hydrogen-bond acceptors (Lipinski definition) is 2. The lowest BCUT2D eigenvalue weighted by Crippen LogP contribution is -2.18. The lowest BCUT2D eigenvalue weighted by atomic mass is 10.2. The van der Waals surface area contributed by atoms with Gasteiger partial charge in [-0.25, -0.2) is 0 Å². The van der Waals surface area contributed by atoms with Crippen molar-refractivity contribution in [1.29, 1.82) is 0 Å². The molecule has 0 bridgehead atoms. The highest BCUT2D eigenvalue weighted by atomic mass is 79.9. The molecule has 0 radical (unpaired) electrons. The van der Waals surface area contributed by atoms with E-state index in [1.807, 2.05) is 30.0 Å². The molecule has 2 rings (SSSR count). The van der Waals surface area contributed by atoms with Gasteiger partial charge < -0.3 is 5.32 Å². The predicted octanol–water partition coefficient (Wildman–Crippen LogP) is 4.02. The monoisotopic (exact) mass is 291 g/mol. The largest absolute Gasteiger partial charge is 0.381 e. The molecule has 1 aliphatic heterocycles. The zero-order valence-electron chi connectivity index (χ0n) is 7.59. The first-order valence-corrected chi connectivity index (χ1v) is 6.87. The summed E-state index contributed by atoms with van der Waals surface area (Å²) in [5, 5.41) is 4.28. The van der Waals surface area contributed by atoms with Crippen molar-refractivity contribution in [2.75, 3.05) is 16.8 Å². The molecule has 0 spiro atoms. The Morgan fingerprint density at radius 3 is 3.00 bits per heavy atom. The maximum Gasteiger partial charge on any atom is 0.0488 e. The molecule has 1 aromatic carbocycles. The maximum atomic E-state index is 5.87. The average Bonchev–Trinajstić information content (AvgIpc) is 2.62. The third-order valence-electron chi connectivity index (χ3n) is 2.22. The first-order chi connectivity index (χ1) is 6.75. The predicted molar refractivity (Wildman–Crippen MR) is 68.5 cm³/mol. The highest BCUT2D eigenvalue weighted by Crippen LogP contribution is 2.28. The molecule has 14 heavy (non-hydrogen) atoms. The molecule has 76 valence electrons. The molecular formula is C10H11BrClNS. The Morgan fingerprint density at radius 1 is 1.50 bits per heavy atom. The van der Waals surface area contributed by atoms with Crippen molar-refractivity contribution >= 4 is 45.0 Å². The molecule has 1 aliphatic rings. The summed E-state index contributed by atoms with van der Waals surface area (Å²) in [5.41, 5.74) is 1.14. The molecule has 4 heteroatoms. The van der Waals surface area contributed by atoms with Crippen LogP contribution in [0.3, 0.4) is 0 Å². The molecule has 0 aromatic heterocycles. The molecule has 0 amide bonds. The summed E-state index contributed by atoms with van der Waals surface area (Å²) in [6, 6.07) is 6.47. The molecule has 1 unspecified atom stereocenters. The van der Waals surface area contributed by atoms with Crippen molar-refractivity contribution in [1.82, 2.24) is 0 Å². The number of halogens is 2. The van der Waals surface area contributed by atoms with Gasteiger partial charge in [-0.3, -0.25) is 0 Å². The van der Waals surface area contributed by atoms with Gasteiger partial charge in [0.25, 0.3) is 0 Å². The van der Waals surface area contributed by atoms with Crippen molar-refractivity contribution in [3.8, 4) is 0 Å². The van der Waals surface area contributed by atoms with E-state index >= 15 is 0 Å². The van der Waals surface area contributed by atoms with Crippen molar-refractivity contribution in [2.24, 2.45) is 0 Å². The van der Waals surface area contributed by atoms with Crippen LogP contribution in [0.4, 0.5) is 5.69 Å². The second-order valence-electron chi connectivity index (χ2n) is 3.33. The molecule has 1 N–H and O–H groups in total. The van der Waals surface area contributed by atoms with Crippen LogP contribution in [0.1, 0.15) is 6.42 Å². The normalized spacial score (nSPS) is 21.1. The zero-order valence-corrected chi connectivity index (χ0v) is 10.8. The fourth-order valence-electron chi connectivity index (χ4n) is 1.47. The fraction of sp³-hybridized carbons (Fsp3) is 0.400. The van der Waals surface area contributed by atoms with Crippen molar-refractivity contribution in [2.45, 2.75) is 12.5 Å². The smallest absolute Gasteiger partial charge is 0.0488 e. The van der Waals surface area contributed by atoms with E-state index in [0.717, 1.165) is 15.2 Å². The second-order valence-corrected chi connectivity index (χ2v) is 5.77. The minimum atomic E-state index is 0.609. The van der Waals surface area contributed by atoms with Crippen molar-refractivity contribution < 1.29 is 0 Å². The SMILES string of the molecule is Clc1ccc(NC2CCSC2)c(Br)c1. The van der Waals surface area contributed by atoms with E-state index in [1.165, 1.54) is 17.9 Å². The van der Waals surface area contributed by atoms with Crippen LogP contribution in [0.5, 0.6) is 0 Å². The van der Waals surface area contributed by atoms with Crippen molar-refractivity contribution in [3.63, 3.8) is 0 Å². The Morgan fingerprint density at radius 2 is 2.36 bits per heavy atom. The zero-order chi connectivity index (χ0) is 9.97. The van der Waals surface area contributed by atoms with E-state index in [0.29, 0.717) is 6.04 Å². The Labute approximate surface area is 102 Å². The quantitative estimate of drug-likeness (QED) is 0.883. The van der Waals surface area contributed by atoms with Crippen LogP contribution >= 0.6 is 39.3 Å². The molecule has 1 fully saturated rings. The van der Waals surface area contributed by atoms with Crippen LogP contribution < -0.4 is 5.32 Å². The lowest BCUT2D eigenvalue weighted by Gasteiger charge is -2.14. The minimum Gasteiger partial charge on any atom is -0.381 e. The standard InChI is InChI=1S/C10H11BrClNS/c11-9-5-7(12)1-2-10(9)13-8-3-4-14-6-8/h1-2,5,8,13H,3-4,6H2. The van der Waals surface area contributed by atoms with Gasteiger partial charge in [0.2, 0.25) is 0 Å². The first-order valence-electron chi connectivity index (χ1n) is 4.55. The summed E-state index contributed by atoms with van der Waals surface area (Å²) < 4.78 is 1.04. The highest BCUT2D eigenvalue weighted by Gasteiger charge is 2.15. The number of thioether (sulfide) groups is 1. The molecule has 0 saturated carbocycles. The van der Waals surface area contributed by atoms with Crippen molar-refractivity contribution in [3.05, 3.63) is 27.7 Å². The van der Waals surface area contributed by atoms with Gasteiger partial charge in [0.15, 0.2) is 0 Å². The first kappa shape index (κ1) is 10.7. The van der Waals surface area contributed by atoms with E-state index in [9.17, 15) is 0 Å². The van der Waals surface area contributed by atoms with Gasteiger partial charge in [-0.15, -0.1) is 0 Å². The molecule has 1 aromatic rings. The van der Waals surface area contributed by atoms with E-state index in [2.05, 4.69) is 21.2 Å². The summed E-state index contributed by atoms with van der Waals surface area (Å²) in [6.45, 7) is 0. The van der Waals surface area contributed by atoms with Crippen LogP contribution in [0.2, 0.25) is 5.02 Å². The topological polar surface area (TPSA) is 12.0 Å². The van der Waals surface area contributed by atoms with Crippen LogP contribution in [-0.4, -0.2) is 17.5 Å². The lowest BCUT2D eigenvalue weighted by molar-refractivity contribution is 0.812. The Balaban J connectivity index is 2.08. The number of hydrogen-bond donors (Lipinski definition) is 1. The summed E-state index contributed by atoms with van der Waals surface area (Å²) >= 11 is 11.4. The Bertz CT molecular complexity index is 326. The third kappa shape index (κ3) is 2.59. The van der Waals surface area contributed by atoms with Gasteiger partial charge in [-0.05, 0) is 46.3 Å². The number of rotatable bonds is 2. The average molecular weight is 293 g/mol. The van der Waals surface area contributed by atoms with Gasteiger partial charge >= 0.3 is 0 Å². The van der Waals surface area contributed by atoms with Gasteiger partial charge in [0, 0.05) is 27.0 Å². The van der Waals surface area contributed by atoms with Crippen LogP contribution in [0, 0.1) is 0 Å². The van der Waals surface area contributed by atoms with Gasteiger partial charge in [0.05, 0.1) is 0 Å². The number of anilines is 1. The summed E-state index contributed by atoms with van der Waals surface area (Å²) in [6.07, 6.45) is 1.25. The van der Waals surface area contributed by atoms with E-state index < -0.39 is 0 Å².